The predicted molar refractivity (Wildman–Crippen MR) is 77.9 cm³/mol. The van der Waals surface area contributed by atoms with Gasteiger partial charge in [0.05, 0.1) is 0 Å². The van der Waals surface area contributed by atoms with Crippen molar-refractivity contribution >= 4 is 11.8 Å². The van der Waals surface area contributed by atoms with Gasteiger partial charge in [-0.2, -0.15) is 0 Å². The minimum atomic E-state index is -0.560. The van der Waals surface area contributed by atoms with Crippen LogP contribution in [-0.2, 0) is 9.59 Å². The Kier molecular flexibility index (Phi) is 4.23. The fourth-order valence-electron chi connectivity index (χ4n) is 2.60. The maximum absolute atomic E-state index is 12.4. The quantitative estimate of drug-likeness (QED) is 0.853. The molecule has 3 unspecified atom stereocenters. The highest BCUT2D eigenvalue weighted by atomic mass is 16.2. The Morgan fingerprint density at radius 3 is 2.60 bits per heavy atom. The predicted octanol–water partition coefficient (Wildman–Crippen LogP) is 2.04. The third-order valence-electron chi connectivity index (χ3n) is 3.61. The lowest BCUT2D eigenvalue weighted by Crippen LogP contribution is -2.60. The van der Waals surface area contributed by atoms with Gasteiger partial charge < -0.3 is 10.2 Å². The van der Waals surface area contributed by atoms with Crippen molar-refractivity contribution in [3.05, 3.63) is 48.6 Å². The number of carbonyl (C=O) groups excluding carboxylic acids is 2. The third-order valence-corrected chi connectivity index (χ3v) is 3.61. The van der Waals surface area contributed by atoms with Gasteiger partial charge in [0.15, 0.2) is 0 Å². The van der Waals surface area contributed by atoms with Gasteiger partial charge in [0.1, 0.15) is 12.1 Å². The molecule has 106 valence electrons. The van der Waals surface area contributed by atoms with E-state index in [1.165, 1.54) is 0 Å². The van der Waals surface area contributed by atoms with Gasteiger partial charge in [0.2, 0.25) is 11.8 Å². The Morgan fingerprint density at radius 1 is 1.35 bits per heavy atom. The highest BCUT2D eigenvalue weighted by Gasteiger charge is 2.41. The fraction of sp³-hybridized carbons (Fsp3) is 0.375. The Bertz CT molecular complexity index is 512. The van der Waals surface area contributed by atoms with Crippen LogP contribution in [0.5, 0.6) is 0 Å². The lowest BCUT2D eigenvalue weighted by atomic mass is 9.97. The summed E-state index contributed by atoms with van der Waals surface area (Å²) in [6.45, 7) is 7.38. The minimum Gasteiger partial charge on any atom is -0.342 e. The molecule has 2 amide bonds. The smallest absolute Gasteiger partial charge is 0.248 e. The molecular weight excluding hydrogens is 252 g/mol. The van der Waals surface area contributed by atoms with E-state index in [9.17, 15) is 9.59 Å². The molecule has 1 aromatic carbocycles. The third kappa shape index (κ3) is 2.59. The fourth-order valence-corrected chi connectivity index (χ4v) is 2.60. The first kappa shape index (κ1) is 14.3. The van der Waals surface area contributed by atoms with E-state index >= 15 is 0 Å². The SMILES string of the molecule is C=CCC(C)N1C(=O)C(C)NC(=O)C1c1ccccc1. The molecule has 4 heteroatoms. The molecule has 0 aliphatic carbocycles. The average Bonchev–Trinajstić information content (AvgIpc) is 2.43. The van der Waals surface area contributed by atoms with Crippen LogP contribution in [0.4, 0.5) is 0 Å². The first-order valence-electron chi connectivity index (χ1n) is 6.84. The molecule has 1 saturated heterocycles. The van der Waals surface area contributed by atoms with Crippen molar-refractivity contribution in [2.75, 3.05) is 0 Å². The second kappa shape index (κ2) is 5.90. The molecule has 0 saturated carbocycles. The molecule has 4 nitrogen and oxygen atoms in total. The van der Waals surface area contributed by atoms with Crippen LogP contribution < -0.4 is 5.32 Å². The molecule has 2 rings (SSSR count). The molecule has 1 aliphatic rings. The lowest BCUT2D eigenvalue weighted by Gasteiger charge is -2.41. The maximum atomic E-state index is 12.4. The summed E-state index contributed by atoms with van der Waals surface area (Å²) in [6, 6.07) is 8.31. The van der Waals surface area contributed by atoms with Gasteiger partial charge >= 0.3 is 0 Å². The van der Waals surface area contributed by atoms with Crippen molar-refractivity contribution in [1.29, 1.82) is 0 Å². The molecule has 1 aromatic rings. The summed E-state index contributed by atoms with van der Waals surface area (Å²) in [7, 11) is 0. The molecule has 1 heterocycles. The number of carbonyl (C=O) groups is 2. The van der Waals surface area contributed by atoms with Gasteiger partial charge in [0, 0.05) is 6.04 Å². The highest BCUT2D eigenvalue weighted by molar-refractivity contribution is 5.97. The zero-order chi connectivity index (χ0) is 14.7. The standard InChI is InChI=1S/C16H20N2O2/c1-4-8-11(2)18-14(13-9-6-5-7-10-13)15(19)17-12(3)16(18)20/h4-7,9-12,14H,1,8H2,2-3H3,(H,17,19). The molecule has 0 spiro atoms. The average molecular weight is 272 g/mol. The summed E-state index contributed by atoms with van der Waals surface area (Å²) in [4.78, 5) is 26.5. The van der Waals surface area contributed by atoms with Crippen LogP contribution in [0.2, 0.25) is 0 Å². The van der Waals surface area contributed by atoms with Crippen molar-refractivity contribution in [2.24, 2.45) is 0 Å². The summed E-state index contributed by atoms with van der Waals surface area (Å²) in [5.74, 6) is -0.174. The molecule has 1 fully saturated rings. The summed E-state index contributed by atoms with van der Waals surface area (Å²) >= 11 is 0. The molecular formula is C16H20N2O2. The Hall–Kier alpha value is -2.10. The zero-order valence-corrected chi connectivity index (χ0v) is 11.9. The van der Waals surface area contributed by atoms with Crippen molar-refractivity contribution in [1.82, 2.24) is 10.2 Å². The van der Waals surface area contributed by atoms with E-state index in [4.69, 9.17) is 0 Å². The molecule has 1 aliphatic heterocycles. The molecule has 3 atom stereocenters. The van der Waals surface area contributed by atoms with Gasteiger partial charge in [-0.05, 0) is 25.8 Å². The van der Waals surface area contributed by atoms with Gasteiger partial charge in [-0.3, -0.25) is 9.59 Å². The van der Waals surface area contributed by atoms with Crippen molar-refractivity contribution in [3.63, 3.8) is 0 Å². The molecule has 20 heavy (non-hydrogen) atoms. The molecule has 0 bridgehead atoms. The minimum absolute atomic E-state index is 0.0483. The van der Waals surface area contributed by atoms with E-state index in [0.29, 0.717) is 6.42 Å². The highest BCUT2D eigenvalue weighted by Crippen LogP contribution is 2.28. The number of piperazine rings is 1. The number of hydrogen-bond donors (Lipinski definition) is 1. The number of nitrogens with zero attached hydrogens (tertiary/aromatic N) is 1. The largest absolute Gasteiger partial charge is 0.342 e. The van der Waals surface area contributed by atoms with Gasteiger partial charge in [-0.1, -0.05) is 36.4 Å². The van der Waals surface area contributed by atoms with Crippen LogP contribution in [0.1, 0.15) is 31.9 Å². The number of hydrogen-bond acceptors (Lipinski definition) is 2. The zero-order valence-electron chi connectivity index (χ0n) is 11.9. The Balaban J connectivity index is 2.40. The van der Waals surface area contributed by atoms with Crippen molar-refractivity contribution in [3.8, 4) is 0 Å². The van der Waals surface area contributed by atoms with E-state index < -0.39 is 12.1 Å². The molecule has 1 N–H and O–H groups in total. The molecule has 0 radical (unpaired) electrons. The number of nitrogens with one attached hydrogen (secondary N) is 1. The van der Waals surface area contributed by atoms with E-state index in [0.717, 1.165) is 5.56 Å². The second-order valence-electron chi connectivity index (χ2n) is 5.16. The Labute approximate surface area is 119 Å². The van der Waals surface area contributed by atoms with Crippen LogP contribution >= 0.6 is 0 Å². The van der Waals surface area contributed by atoms with Gasteiger partial charge in [-0.15, -0.1) is 6.58 Å². The van der Waals surface area contributed by atoms with E-state index in [2.05, 4.69) is 11.9 Å². The van der Waals surface area contributed by atoms with Crippen LogP contribution in [-0.4, -0.2) is 28.8 Å². The first-order valence-corrected chi connectivity index (χ1v) is 6.84. The van der Waals surface area contributed by atoms with Crippen LogP contribution in [0.25, 0.3) is 0 Å². The van der Waals surface area contributed by atoms with Crippen molar-refractivity contribution in [2.45, 2.75) is 38.4 Å². The summed E-state index contributed by atoms with van der Waals surface area (Å²) < 4.78 is 0. The van der Waals surface area contributed by atoms with Gasteiger partial charge in [0.25, 0.3) is 0 Å². The van der Waals surface area contributed by atoms with Crippen molar-refractivity contribution < 1.29 is 9.59 Å². The topological polar surface area (TPSA) is 49.4 Å². The summed E-state index contributed by atoms with van der Waals surface area (Å²) in [5.41, 5.74) is 0.834. The normalized spacial score (nSPS) is 24.2. The van der Waals surface area contributed by atoms with Crippen LogP contribution in [0.15, 0.2) is 43.0 Å². The van der Waals surface area contributed by atoms with Crippen LogP contribution in [0, 0.1) is 0 Å². The summed E-state index contributed by atoms with van der Waals surface area (Å²) in [5, 5.41) is 2.75. The van der Waals surface area contributed by atoms with E-state index in [1.807, 2.05) is 37.3 Å². The number of benzene rings is 1. The monoisotopic (exact) mass is 272 g/mol. The lowest BCUT2D eigenvalue weighted by molar-refractivity contribution is -0.151. The maximum Gasteiger partial charge on any atom is 0.248 e. The van der Waals surface area contributed by atoms with E-state index in [-0.39, 0.29) is 17.9 Å². The molecule has 0 aromatic heterocycles. The Morgan fingerprint density at radius 2 is 2.00 bits per heavy atom. The summed E-state index contributed by atoms with van der Waals surface area (Å²) in [6.07, 6.45) is 2.44. The van der Waals surface area contributed by atoms with Gasteiger partial charge in [-0.25, -0.2) is 0 Å². The number of rotatable bonds is 4. The second-order valence-corrected chi connectivity index (χ2v) is 5.16. The number of amides is 2. The first-order chi connectivity index (χ1) is 9.56. The van der Waals surface area contributed by atoms with E-state index in [1.54, 1.807) is 17.9 Å². The van der Waals surface area contributed by atoms with Crippen LogP contribution in [0.3, 0.4) is 0 Å².